The van der Waals surface area contributed by atoms with Crippen molar-refractivity contribution < 1.29 is 19.1 Å². The molecule has 4 nitrogen and oxygen atoms in total. The second kappa shape index (κ2) is 6.27. The molecule has 0 spiro atoms. The Bertz CT molecular complexity index is 527. The summed E-state index contributed by atoms with van der Waals surface area (Å²) >= 11 is 0. The van der Waals surface area contributed by atoms with Crippen LogP contribution in [0.1, 0.15) is 40.5 Å². The van der Waals surface area contributed by atoms with E-state index in [1.165, 1.54) is 19.6 Å². The summed E-state index contributed by atoms with van der Waals surface area (Å²) in [5.74, 6) is -0.106. The van der Waals surface area contributed by atoms with E-state index in [1.807, 2.05) is 6.08 Å². The Morgan fingerprint density at radius 1 is 1.32 bits per heavy atom. The van der Waals surface area contributed by atoms with Gasteiger partial charge in [-0.15, -0.1) is 0 Å². The zero-order chi connectivity index (χ0) is 16.5. The molecule has 0 bridgehead atoms. The molecule has 1 saturated carbocycles. The minimum absolute atomic E-state index is 0.185. The van der Waals surface area contributed by atoms with Crippen molar-refractivity contribution in [1.29, 1.82) is 0 Å². The van der Waals surface area contributed by atoms with Crippen molar-refractivity contribution in [3.8, 4) is 0 Å². The van der Waals surface area contributed by atoms with Gasteiger partial charge in [-0.25, -0.2) is 4.79 Å². The zero-order valence-corrected chi connectivity index (χ0v) is 14.1. The molecule has 0 aromatic heterocycles. The fourth-order valence-electron chi connectivity index (χ4n) is 3.75. The van der Waals surface area contributed by atoms with Crippen LogP contribution in [0.25, 0.3) is 0 Å². The van der Waals surface area contributed by atoms with E-state index in [4.69, 9.17) is 9.47 Å². The molecule has 0 aromatic carbocycles. The predicted molar refractivity (Wildman–Crippen MR) is 84.0 cm³/mol. The van der Waals surface area contributed by atoms with Crippen molar-refractivity contribution in [2.45, 2.75) is 40.5 Å². The SMILES string of the molecule is COC(=O)C1=C2CC(C)(C)C[C@H]2[C@@H](C)C=C[C@@H]1COC(C)=O. The van der Waals surface area contributed by atoms with Crippen LogP contribution >= 0.6 is 0 Å². The minimum atomic E-state index is -0.330. The lowest BCUT2D eigenvalue weighted by atomic mass is 9.86. The maximum Gasteiger partial charge on any atom is 0.334 e. The van der Waals surface area contributed by atoms with Crippen molar-refractivity contribution in [2.24, 2.45) is 23.2 Å². The highest BCUT2D eigenvalue weighted by Crippen LogP contribution is 2.51. The normalized spacial score (nSPS) is 29.8. The number of ether oxygens (including phenoxy) is 2. The molecular formula is C18H26O4. The molecule has 0 saturated heterocycles. The standard InChI is InChI=1S/C18H26O4/c1-11-6-7-13(10-22-12(2)19)16(17(20)21-5)15-9-18(3,4)8-14(11)15/h6-7,11,13-14H,8-10H2,1-5H3/t11-,13+,14-/m0/s1. The Labute approximate surface area is 132 Å². The molecule has 0 unspecified atom stereocenters. The quantitative estimate of drug-likeness (QED) is 0.593. The molecule has 22 heavy (non-hydrogen) atoms. The fraction of sp³-hybridized carbons (Fsp3) is 0.667. The molecule has 4 heteroatoms. The maximum absolute atomic E-state index is 12.4. The number of allylic oxidation sites excluding steroid dienone is 2. The summed E-state index contributed by atoms with van der Waals surface area (Å²) in [6.07, 6.45) is 6.10. The third-order valence-electron chi connectivity index (χ3n) is 4.76. The van der Waals surface area contributed by atoms with Crippen molar-refractivity contribution in [3.05, 3.63) is 23.3 Å². The Hall–Kier alpha value is -1.58. The molecule has 122 valence electrons. The van der Waals surface area contributed by atoms with Gasteiger partial charge in [0.2, 0.25) is 0 Å². The van der Waals surface area contributed by atoms with Crippen LogP contribution in [0.5, 0.6) is 0 Å². The van der Waals surface area contributed by atoms with Gasteiger partial charge in [-0.1, -0.05) is 38.5 Å². The maximum atomic E-state index is 12.4. The van der Waals surface area contributed by atoms with Gasteiger partial charge in [0.1, 0.15) is 6.61 Å². The number of carbonyl (C=O) groups excluding carboxylic acids is 2. The van der Waals surface area contributed by atoms with Gasteiger partial charge in [-0.05, 0) is 30.1 Å². The van der Waals surface area contributed by atoms with Crippen LogP contribution in [-0.2, 0) is 19.1 Å². The van der Waals surface area contributed by atoms with E-state index >= 15 is 0 Å². The third-order valence-corrected chi connectivity index (χ3v) is 4.76. The highest BCUT2D eigenvalue weighted by atomic mass is 16.5. The smallest absolute Gasteiger partial charge is 0.334 e. The zero-order valence-electron chi connectivity index (χ0n) is 14.1. The van der Waals surface area contributed by atoms with Crippen LogP contribution in [0, 0.1) is 23.2 Å². The van der Waals surface area contributed by atoms with Crippen LogP contribution in [0.4, 0.5) is 0 Å². The average molecular weight is 306 g/mol. The lowest BCUT2D eigenvalue weighted by Crippen LogP contribution is -2.21. The average Bonchev–Trinajstić information content (AvgIpc) is 2.70. The number of methoxy groups -OCH3 is 1. The van der Waals surface area contributed by atoms with Crippen molar-refractivity contribution in [3.63, 3.8) is 0 Å². The van der Waals surface area contributed by atoms with Crippen LogP contribution in [0.15, 0.2) is 23.3 Å². The number of fused-ring (bicyclic) bond motifs is 1. The van der Waals surface area contributed by atoms with Gasteiger partial charge < -0.3 is 9.47 Å². The number of esters is 2. The van der Waals surface area contributed by atoms with E-state index < -0.39 is 0 Å². The van der Waals surface area contributed by atoms with Gasteiger partial charge >= 0.3 is 11.9 Å². The van der Waals surface area contributed by atoms with E-state index in [2.05, 4.69) is 26.8 Å². The Balaban J connectivity index is 2.45. The molecule has 0 aromatic rings. The third kappa shape index (κ3) is 3.42. The topological polar surface area (TPSA) is 52.6 Å². The van der Waals surface area contributed by atoms with Gasteiger partial charge in [-0.3, -0.25) is 4.79 Å². The van der Waals surface area contributed by atoms with E-state index in [0.29, 0.717) is 17.4 Å². The minimum Gasteiger partial charge on any atom is -0.466 e. The first-order valence-electron chi connectivity index (χ1n) is 7.88. The lowest BCUT2D eigenvalue weighted by molar-refractivity contribution is -0.143. The monoisotopic (exact) mass is 306 g/mol. The molecule has 0 radical (unpaired) electrons. The molecule has 1 fully saturated rings. The molecule has 3 atom stereocenters. The summed E-state index contributed by atoms with van der Waals surface area (Å²) in [7, 11) is 1.41. The first-order valence-corrected chi connectivity index (χ1v) is 7.88. The molecule has 0 heterocycles. The second-order valence-corrected chi connectivity index (χ2v) is 7.24. The molecule has 2 rings (SSSR count). The molecule has 2 aliphatic rings. The first-order chi connectivity index (χ1) is 10.2. The molecule has 0 aliphatic heterocycles. The van der Waals surface area contributed by atoms with Crippen LogP contribution < -0.4 is 0 Å². The van der Waals surface area contributed by atoms with Gasteiger partial charge in [0.15, 0.2) is 0 Å². The summed E-state index contributed by atoms with van der Waals surface area (Å²) < 4.78 is 10.2. The fourth-order valence-corrected chi connectivity index (χ4v) is 3.75. The molecule has 2 aliphatic carbocycles. The van der Waals surface area contributed by atoms with Gasteiger partial charge in [0.25, 0.3) is 0 Å². The van der Waals surface area contributed by atoms with Crippen LogP contribution in [0.2, 0.25) is 0 Å². The molecule has 0 N–H and O–H groups in total. The largest absolute Gasteiger partial charge is 0.466 e. The summed E-state index contributed by atoms with van der Waals surface area (Å²) in [6, 6.07) is 0. The highest BCUT2D eigenvalue weighted by molar-refractivity contribution is 5.90. The predicted octanol–water partition coefficient (Wildman–Crippen LogP) is 3.28. The van der Waals surface area contributed by atoms with Gasteiger partial charge in [0, 0.05) is 18.4 Å². The Morgan fingerprint density at radius 3 is 2.59 bits per heavy atom. The molecule has 0 amide bonds. The van der Waals surface area contributed by atoms with E-state index in [0.717, 1.165) is 12.8 Å². The number of rotatable bonds is 3. The van der Waals surface area contributed by atoms with E-state index in [9.17, 15) is 9.59 Å². The Kier molecular flexibility index (Phi) is 4.78. The van der Waals surface area contributed by atoms with Crippen molar-refractivity contribution in [2.75, 3.05) is 13.7 Å². The van der Waals surface area contributed by atoms with E-state index in [1.54, 1.807) is 0 Å². The van der Waals surface area contributed by atoms with Crippen LogP contribution in [-0.4, -0.2) is 25.7 Å². The van der Waals surface area contributed by atoms with Crippen LogP contribution in [0.3, 0.4) is 0 Å². The second-order valence-electron chi connectivity index (χ2n) is 7.24. The highest BCUT2D eigenvalue weighted by Gasteiger charge is 2.42. The van der Waals surface area contributed by atoms with E-state index in [-0.39, 0.29) is 29.9 Å². The molecular weight excluding hydrogens is 280 g/mol. The lowest BCUT2D eigenvalue weighted by Gasteiger charge is -2.20. The number of hydrogen-bond donors (Lipinski definition) is 0. The Morgan fingerprint density at radius 2 is 2.00 bits per heavy atom. The summed E-state index contributed by atoms with van der Waals surface area (Å²) in [6.45, 7) is 8.24. The van der Waals surface area contributed by atoms with Gasteiger partial charge in [-0.2, -0.15) is 0 Å². The summed E-state index contributed by atoms with van der Waals surface area (Å²) in [5.41, 5.74) is 2.07. The number of carbonyl (C=O) groups is 2. The van der Waals surface area contributed by atoms with Crippen molar-refractivity contribution >= 4 is 11.9 Å². The summed E-state index contributed by atoms with van der Waals surface area (Å²) in [5, 5.41) is 0. The van der Waals surface area contributed by atoms with Crippen molar-refractivity contribution in [1.82, 2.24) is 0 Å². The number of hydrogen-bond acceptors (Lipinski definition) is 4. The first kappa shape index (κ1) is 16.8. The van der Waals surface area contributed by atoms with Gasteiger partial charge in [0.05, 0.1) is 7.11 Å². The summed E-state index contributed by atoms with van der Waals surface area (Å²) in [4.78, 5) is 23.5.